The Balaban J connectivity index is 2.16. The Morgan fingerprint density at radius 1 is 1.00 bits per heavy atom. The van der Waals surface area contributed by atoms with Crippen LogP contribution in [0.25, 0.3) is 0 Å². The third-order valence-corrected chi connectivity index (χ3v) is 3.03. The van der Waals surface area contributed by atoms with Crippen molar-refractivity contribution in [1.29, 1.82) is 0 Å². The number of para-hydroxylation sites is 1. The topological polar surface area (TPSA) is 78.4 Å². The molecule has 1 amide bonds. The predicted molar refractivity (Wildman–Crippen MR) is 80.6 cm³/mol. The van der Waals surface area contributed by atoms with Crippen LogP contribution >= 0.6 is 0 Å². The maximum absolute atomic E-state index is 12.2. The molecule has 0 unspecified atom stereocenters. The maximum atomic E-state index is 12.2. The van der Waals surface area contributed by atoms with Crippen molar-refractivity contribution in [2.45, 2.75) is 6.54 Å². The summed E-state index contributed by atoms with van der Waals surface area (Å²) in [5.41, 5.74) is 2.29. The SMILES string of the molecule is CNCc1ccccc1NC(=O)c1ccc(C(=O)O)cc1. The number of aromatic carboxylic acids is 1. The standard InChI is InChI=1S/C16H16N2O3/c1-17-10-13-4-2-3-5-14(13)18-15(19)11-6-8-12(9-7-11)16(20)21/h2-9,17H,10H2,1H3,(H,18,19)(H,20,21). The number of carboxylic acids is 1. The van der Waals surface area contributed by atoms with Crippen LogP contribution < -0.4 is 10.6 Å². The van der Waals surface area contributed by atoms with Crippen LogP contribution in [0.3, 0.4) is 0 Å². The molecule has 0 aliphatic rings. The van der Waals surface area contributed by atoms with E-state index in [0.717, 1.165) is 11.3 Å². The number of benzene rings is 2. The summed E-state index contributed by atoms with van der Waals surface area (Å²) in [4.78, 5) is 23.0. The number of carbonyl (C=O) groups is 2. The van der Waals surface area contributed by atoms with Gasteiger partial charge in [0.05, 0.1) is 5.56 Å². The normalized spacial score (nSPS) is 10.1. The van der Waals surface area contributed by atoms with Crippen LogP contribution in [-0.4, -0.2) is 24.0 Å². The fourth-order valence-electron chi connectivity index (χ4n) is 1.95. The van der Waals surface area contributed by atoms with Gasteiger partial charge in [0.25, 0.3) is 5.91 Å². The molecule has 108 valence electrons. The highest BCUT2D eigenvalue weighted by molar-refractivity contribution is 6.05. The lowest BCUT2D eigenvalue weighted by atomic mass is 10.1. The number of carbonyl (C=O) groups excluding carboxylic acids is 1. The Hall–Kier alpha value is -2.66. The van der Waals surface area contributed by atoms with Gasteiger partial charge in [0.2, 0.25) is 0 Å². The molecule has 0 atom stereocenters. The second-order valence-electron chi connectivity index (χ2n) is 4.52. The summed E-state index contributed by atoms with van der Waals surface area (Å²) in [5.74, 6) is -1.28. The van der Waals surface area contributed by atoms with Gasteiger partial charge in [-0.2, -0.15) is 0 Å². The van der Waals surface area contributed by atoms with Gasteiger partial charge in [-0.3, -0.25) is 4.79 Å². The smallest absolute Gasteiger partial charge is 0.335 e. The zero-order valence-corrected chi connectivity index (χ0v) is 11.6. The third-order valence-electron chi connectivity index (χ3n) is 3.03. The predicted octanol–water partition coefficient (Wildman–Crippen LogP) is 2.36. The summed E-state index contributed by atoms with van der Waals surface area (Å²) in [6.07, 6.45) is 0. The average molecular weight is 284 g/mol. The number of nitrogens with one attached hydrogen (secondary N) is 2. The Morgan fingerprint density at radius 2 is 1.62 bits per heavy atom. The minimum atomic E-state index is -1.01. The van der Waals surface area contributed by atoms with Crippen molar-refractivity contribution in [2.75, 3.05) is 12.4 Å². The number of hydrogen-bond donors (Lipinski definition) is 3. The highest BCUT2D eigenvalue weighted by Gasteiger charge is 2.10. The first-order valence-electron chi connectivity index (χ1n) is 6.49. The van der Waals surface area contributed by atoms with E-state index >= 15 is 0 Å². The monoisotopic (exact) mass is 284 g/mol. The van der Waals surface area contributed by atoms with Gasteiger partial charge in [-0.05, 0) is 42.9 Å². The molecule has 0 heterocycles. The highest BCUT2D eigenvalue weighted by Crippen LogP contribution is 2.16. The Labute approximate surface area is 122 Å². The van der Waals surface area contributed by atoms with Crippen LogP contribution in [0.15, 0.2) is 48.5 Å². The van der Waals surface area contributed by atoms with E-state index in [0.29, 0.717) is 12.1 Å². The van der Waals surface area contributed by atoms with E-state index in [2.05, 4.69) is 10.6 Å². The van der Waals surface area contributed by atoms with Gasteiger partial charge in [-0.25, -0.2) is 4.79 Å². The number of hydrogen-bond acceptors (Lipinski definition) is 3. The molecule has 2 rings (SSSR count). The zero-order valence-electron chi connectivity index (χ0n) is 11.6. The number of amides is 1. The van der Waals surface area contributed by atoms with Crippen molar-refractivity contribution < 1.29 is 14.7 Å². The first-order chi connectivity index (χ1) is 10.1. The summed E-state index contributed by atoms with van der Waals surface area (Å²) in [6, 6.07) is 13.3. The number of rotatable bonds is 5. The lowest BCUT2D eigenvalue weighted by Gasteiger charge is -2.10. The fraction of sp³-hybridized carbons (Fsp3) is 0.125. The van der Waals surface area contributed by atoms with Gasteiger partial charge in [0.15, 0.2) is 0 Å². The van der Waals surface area contributed by atoms with Crippen molar-refractivity contribution in [1.82, 2.24) is 5.32 Å². The fourth-order valence-corrected chi connectivity index (χ4v) is 1.95. The zero-order chi connectivity index (χ0) is 15.2. The largest absolute Gasteiger partial charge is 0.478 e. The number of anilines is 1. The van der Waals surface area contributed by atoms with Crippen LogP contribution in [-0.2, 0) is 6.54 Å². The third kappa shape index (κ3) is 3.67. The van der Waals surface area contributed by atoms with Crippen molar-refractivity contribution in [3.8, 4) is 0 Å². The van der Waals surface area contributed by atoms with Crippen molar-refractivity contribution in [3.63, 3.8) is 0 Å². The van der Waals surface area contributed by atoms with Gasteiger partial charge < -0.3 is 15.7 Å². The minimum Gasteiger partial charge on any atom is -0.478 e. The van der Waals surface area contributed by atoms with E-state index in [4.69, 9.17) is 5.11 Å². The van der Waals surface area contributed by atoms with Gasteiger partial charge >= 0.3 is 5.97 Å². The van der Waals surface area contributed by atoms with E-state index in [1.54, 1.807) is 0 Å². The molecule has 2 aromatic carbocycles. The van der Waals surface area contributed by atoms with E-state index in [1.807, 2.05) is 31.3 Å². The van der Waals surface area contributed by atoms with Crippen LogP contribution in [0.5, 0.6) is 0 Å². The molecule has 5 nitrogen and oxygen atoms in total. The second-order valence-corrected chi connectivity index (χ2v) is 4.52. The number of carboxylic acid groups (broad SMARTS) is 1. The van der Waals surface area contributed by atoms with Crippen molar-refractivity contribution in [2.24, 2.45) is 0 Å². The minimum absolute atomic E-state index is 0.155. The van der Waals surface area contributed by atoms with Crippen molar-refractivity contribution >= 4 is 17.6 Å². The second kappa shape index (κ2) is 6.67. The molecule has 3 N–H and O–H groups in total. The molecule has 0 radical (unpaired) electrons. The molecule has 21 heavy (non-hydrogen) atoms. The molecular formula is C16H16N2O3. The molecule has 5 heteroatoms. The van der Waals surface area contributed by atoms with Gasteiger partial charge in [0, 0.05) is 17.8 Å². The highest BCUT2D eigenvalue weighted by atomic mass is 16.4. The summed E-state index contributed by atoms with van der Waals surface area (Å²) >= 11 is 0. The summed E-state index contributed by atoms with van der Waals surface area (Å²) in [6.45, 7) is 0.647. The molecule has 2 aromatic rings. The molecule has 0 aliphatic heterocycles. The Kier molecular flexibility index (Phi) is 4.68. The van der Waals surface area contributed by atoms with Gasteiger partial charge in [-0.15, -0.1) is 0 Å². The van der Waals surface area contributed by atoms with Gasteiger partial charge in [-0.1, -0.05) is 18.2 Å². The molecule has 0 saturated carbocycles. The lowest BCUT2D eigenvalue weighted by molar-refractivity contribution is 0.0696. The quantitative estimate of drug-likeness (QED) is 0.787. The van der Waals surface area contributed by atoms with Crippen LogP contribution in [0.1, 0.15) is 26.3 Å². The molecule has 0 bridgehead atoms. The maximum Gasteiger partial charge on any atom is 0.335 e. The van der Waals surface area contributed by atoms with Crippen molar-refractivity contribution in [3.05, 3.63) is 65.2 Å². The summed E-state index contributed by atoms with van der Waals surface area (Å²) < 4.78 is 0. The Bertz CT molecular complexity index is 651. The molecule has 0 aromatic heterocycles. The van der Waals surface area contributed by atoms with Crippen LogP contribution in [0.2, 0.25) is 0 Å². The first kappa shape index (κ1) is 14.7. The molecule has 0 saturated heterocycles. The molecule has 0 fully saturated rings. The van der Waals surface area contributed by atoms with E-state index in [9.17, 15) is 9.59 Å². The van der Waals surface area contributed by atoms with Gasteiger partial charge in [0.1, 0.15) is 0 Å². The lowest BCUT2D eigenvalue weighted by Crippen LogP contribution is -2.15. The average Bonchev–Trinajstić information content (AvgIpc) is 2.49. The first-order valence-corrected chi connectivity index (χ1v) is 6.49. The molecular weight excluding hydrogens is 268 g/mol. The molecule has 0 spiro atoms. The Morgan fingerprint density at radius 3 is 2.24 bits per heavy atom. The van der Waals surface area contributed by atoms with E-state index in [1.165, 1.54) is 24.3 Å². The van der Waals surface area contributed by atoms with Crippen LogP contribution in [0, 0.1) is 0 Å². The van der Waals surface area contributed by atoms with E-state index in [-0.39, 0.29) is 11.5 Å². The summed E-state index contributed by atoms with van der Waals surface area (Å²) in [7, 11) is 1.84. The molecule has 0 aliphatic carbocycles. The van der Waals surface area contributed by atoms with Crippen LogP contribution in [0.4, 0.5) is 5.69 Å². The summed E-state index contributed by atoms with van der Waals surface area (Å²) in [5, 5.41) is 14.7. The van der Waals surface area contributed by atoms with E-state index < -0.39 is 5.97 Å².